The second-order valence-corrected chi connectivity index (χ2v) is 8.37. The van der Waals surface area contributed by atoms with Gasteiger partial charge in [0.2, 0.25) is 5.17 Å². The van der Waals surface area contributed by atoms with E-state index in [0.717, 1.165) is 27.7 Å². The van der Waals surface area contributed by atoms with E-state index in [0.29, 0.717) is 15.2 Å². The van der Waals surface area contributed by atoms with E-state index in [4.69, 9.17) is 28.6 Å². The third-order valence-corrected chi connectivity index (χ3v) is 6.05. The molecule has 9 heteroatoms. The Morgan fingerprint density at radius 3 is 2.61 bits per heavy atom. The molecule has 0 fully saturated rings. The first kappa shape index (κ1) is 19.0. The van der Waals surface area contributed by atoms with Gasteiger partial charge in [-0.15, -0.1) is 0 Å². The number of halogens is 2. The zero-order chi connectivity index (χ0) is 20.2. The van der Waals surface area contributed by atoms with Gasteiger partial charge in [-0.2, -0.15) is 15.1 Å². The molecule has 0 unspecified atom stereocenters. The van der Waals surface area contributed by atoms with Crippen molar-refractivity contribution in [3.05, 3.63) is 56.8 Å². The molecule has 0 saturated carbocycles. The first-order valence-electron chi connectivity index (χ1n) is 8.37. The van der Waals surface area contributed by atoms with Crippen LogP contribution in [0.2, 0.25) is 10.0 Å². The number of benzene rings is 1. The van der Waals surface area contributed by atoms with Crippen LogP contribution in [-0.2, 0) is 4.79 Å². The topological polar surface area (TPSA) is 73.8 Å². The van der Waals surface area contributed by atoms with E-state index in [9.17, 15) is 4.79 Å². The predicted molar refractivity (Wildman–Crippen MR) is 116 cm³/mol. The molecule has 0 saturated heterocycles. The van der Waals surface area contributed by atoms with Gasteiger partial charge in [-0.1, -0.05) is 23.2 Å². The Hall–Kier alpha value is -2.35. The number of carbonyl (C=O) groups excluding carboxylic acids is 1. The van der Waals surface area contributed by atoms with E-state index in [2.05, 4.69) is 10.1 Å². The standard InChI is InChI=1S/C19H15Cl2N5OS/c1-9-6-12(10(2)25(9)13-4-5-15(20)16(21)8-13)7-14-17(22)26-19(23-18(14)27)28-11(3)24-26/h4-8,22H,1-3H3. The molecule has 0 aliphatic carbocycles. The van der Waals surface area contributed by atoms with E-state index >= 15 is 0 Å². The van der Waals surface area contributed by atoms with Crippen LogP contribution in [-0.4, -0.2) is 31.5 Å². The number of amidine groups is 2. The highest BCUT2D eigenvalue weighted by Gasteiger charge is 2.34. The number of rotatable bonds is 2. The van der Waals surface area contributed by atoms with Gasteiger partial charge in [0.1, 0.15) is 0 Å². The van der Waals surface area contributed by atoms with Gasteiger partial charge in [0.05, 0.1) is 20.7 Å². The highest BCUT2D eigenvalue weighted by molar-refractivity contribution is 8.26. The number of aromatic nitrogens is 1. The maximum Gasteiger partial charge on any atom is 0.283 e. The van der Waals surface area contributed by atoms with Crippen LogP contribution in [0.3, 0.4) is 0 Å². The second-order valence-electron chi connectivity index (χ2n) is 6.40. The molecule has 2 aromatic rings. The number of hydrogen-bond acceptors (Lipinski definition) is 4. The van der Waals surface area contributed by atoms with Gasteiger partial charge in [0.15, 0.2) is 5.84 Å². The molecule has 0 bridgehead atoms. The van der Waals surface area contributed by atoms with Crippen molar-refractivity contribution in [2.24, 2.45) is 10.1 Å². The smallest absolute Gasteiger partial charge is 0.283 e. The summed E-state index contributed by atoms with van der Waals surface area (Å²) >= 11 is 13.5. The Bertz CT molecular complexity index is 1150. The Balaban J connectivity index is 1.78. The number of nitrogens with one attached hydrogen (secondary N) is 1. The van der Waals surface area contributed by atoms with E-state index in [-0.39, 0.29) is 11.4 Å². The first-order valence-corrected chi connectivity index (χ1v) is 9.94. The average molecular weight is 432 g/mol. The van der Waals surface area contributed by atoms with Gasteiger partial charge in [-0.3, -0.25) is 10.2 Å². The van der Waals surface area contributed by atoms with Crippen molar-refractivity contribution in [3.8, 4) is 5.69 Å². The average Bonchev–Trinajstić information content (AvgIpc) is 3.13. The maximum absolute atomic E-state index is 12.5. The molecule has 1 amide bonds. The van der Waals surface area contributed by atoms with Crippen LogP contribution in [0.25, 0.3) is 11.8 Å². The second kappa shape index (κ2) is 6.92. The minimum atomic E-state index is -0.437. The fourth-order valence-electron chi connectivity index (χ4n) is 3.20. The number of fused-ring (bicyclic) bond motifs is 1. The summed E-state index contributed by atoms with van der Waals surface area (Å²) in [7, 11) is 0. The van der Waals surface area contributed by atoms with Crippen LogP contribution >= 0.6 is 35.0 Å². The lowest BCUT2D eigenvalue weighted by atomic mass is 10.1. The minimum Gasteiger partial charge on any atom is -0.318 e. The van der Waals surface area contributed by atoms with Gasteiger partial charge < -0.3 is 4.57 Å². The number of aliphatic imine (C=N–C) groups is 1. The van der Waals surface area contributed by atoms with Gasteiger partial charge >= 0.3 is 0 Å². The van der Waals surface area contributed by atoms with Crippen LogP contribution in [0.4, 0.5) is 0 Å². The zero-order valence-corrected chi connectivity index (χ0v) is 17.6. The molecule has 1 aromatic heterocycles. The summed E-state index contributed by atoms with van der Waals surface area (Å²) in [6.45, 7) is 5.73. The number of nitrogens with zero attached hydrogens (tertiary/aromatic N) is 4. The van der Waals surface area contributed by atoms with Crippen LogP contribution in [0.5, 0.6) is 0 Å². The van der Waals surface area contributed by atoms with Crippen LogP contribution in [0, 0.1) is 19.3 Å². The van der Waals surface area contributed by atoms with E-state index in [1.807, 2.05) is 37.5 Å². The third-order valence-electron chi connectivity index (χ3n) is 4.49. The Morgan fingerprint density at radius 1 is 1.14 bits per heavy atom. The van der Waals surface area contributed by atoms with Crippen LogP contribution in [0.15, 0.2) is 39.9 Å². The molecule has 0 radical (unpaired) electrons. The summed E-state index contributed by atoms with van der Waals surface area (Å²) in [5.41, 5.74) is 3.78. The quantitative estimate of drug-likeness (QED) is 0.676. The molecule has 4 rings (SSSR count). The predicted octanol–water partition coefficient (Wildman–Crippen LogP) is 5.04. The molecule has 0 atom stereocenters. The van der Waals surface area contributed by atoms with Crippen molar-refractivity contribution in [1.82, 2.24) is 9.58 Å². The molecule has 1 aromatic carbocycles. The highest BCUT2D eigenvalue weighted by atomic mass is 35.5. The summed E-state index contributed by atoms with van der Waals surface area (Å²) in [5.74, 6) is -0.410. The number of hydrazone groups is 1. The first-order chi connectivity index (χ1) is 13.3. The molecule has 3 heterocycles. The molecule has 1 N–H and O–H groups in total. The largest absolute Gasteiger partial charge is 0.318 e. The molecule has 28 heavy (non-hydrogen) atoms. The number of amides is 1. The summed E-state index contributed by atoms with van der Waals surface area (Å²) in [6.07, 6.45) is 1.69. The molecule has 0 spiro atoms. The Kier molecular flexibility index (Phi) is 4.69. The lowest BCUT2D eigenvalue weighted by Gasteiger charge is -2.20. The Labute approximate surface area is 176 Å². The highest BCUT2D eigenvalue weighted by Crippen LogP contribution is 2.31. The molecular formula is C19H15Cl2N5OS. The van der Waals surface area contributed by atoms with Gasteiger partial charge in [0, 0.05) is 17.1 Å². The molecule has 6 nitrogen and oxygen atoms in total. The van der Waals surface area contributed by atoms with E-state index in [1.54, 1.807) is 18.2 Å². The number of thioether (sulfide) groups is 1. The van der Waals surface area contributed by atoms with Crippen molar-refractivity contribution in [2.75, 3.05) is 0 Å². The van der Waals surface area contributed by atoms with E-state index < -0.39 is 5.91 Å². The van der Waals surface area contributed by atoms with Crippen molar-refractivity contribution in [1.29, 1.82) is 5.41 Å². The SMILES string of the molecule is CC1=NN2C(=N)C(=Cc3cc(C)n(-c4ccc(Cl)c(Cl)c4)c3C)C(=O)N=C2S1. The summed E-state index contributed by atoms with van der Waals surface area (Å²) in [5, 5.41) is 16.2. The summed E-state index contributed by atoms with van der Waals surface area (Å²) in [4.78, 5) is 16.6. The van der Waals surface area contributed by atoms with Crippen molar-refractivity contribution >= 4 is 63.0 Å². The van der Waals surface area contributed by atoms with Gasteiger partial charge in [-0.05, 0) is 68.4 Å². The summed E-state index contributed by atoms with van der Waals surface area (Å²) in [6, 6.07) is 7.38. The Morgan fingerprint density at radius 2 is 1.89 bits per heavy atom. The number of hydrogen-bond donors (Lipinski definition) is 1. The van der Waals surface area contributed by atoms with Gasteiger partial charge in [-0.25, -0.2) is 0 Å². The van der Waals surface area contributed by atoms with Crippen molar-refractivity contribution in [3.63, 3.8) is 0 Å². The maximum atomic E-state index is 12.5. The molecule has 2 aliphatic heterocycles. The molecular weight excluding hydrogens is 417 g/mol. The summed E-state index contributed by atoms with van der Waals surface area (Å²) < 4.78 is 2.02. The van der Waals surface area contributed by atoms with E-state index in [1.165, 1.54) is 16.8 Å². The zero-order valence-electron chi connectivity index (χ0n) is 15.2. The normalized spacial score (nSPS) is 17.9. The molecule has 142 valence electrons. The monoisotopic (exact) mass is 431 g/mol. The van der Waals surface area contributed by atoms with Crippen molar-refractivity contribution < 1.29 is 4.79 Å². The number of carbonyl (C=O) groups is 1. The van der Waals surface area contributed by atoms with Gasteiger partial charge in [0.25, 0.3) is 5.91 Å². The van der Waals surface area contributed by atoms with Crippen LogP contribution in [0.1, 0.15) is 23.9 Å². The fraction of sp³-hybridized carbons (Fsp3) is 0.158. The fourth-order valence-corrected chi connectivity index (χ4v) is 4.22. The van der Waals surface area contributed by atoms with Crippen LogP contribution < -0.4 is 0 Å². The molecule has 2 aliphatic rings. The lowest BCUT2D eigenvalue weighted by molar-refractivity contribution is -0.114. The third kappa shape index (κ3) is 3.09. The lowest BCUT2D eigenvalue weighted by Crippen LogP contribution is -2.35. The van der Waals surface area contributed by atoms with Crippen molar-refractivity contribution in [2.45, 2.75) is 20.8 Å². The minimum absolute atomic E-state index is 0.0266. The number of aryl methyl sites for hydroxylation is 1.